The summed E-state index contributed by atoms with van der Waals surface area (Å²) < 4.78 is 4.61. The quantitative estimate of drug-likeness (QED) is 0.797. The number of carbonyl (C=O) groups excluding carboxylic acids is 2. The van der Waals surface area contributed by atoms with E-state index in [1.165, 1.54) is 18.1 Å². The standard InChI is InChI=1S/C15H19NO5/c1-10(15(20)21-3)9-16(2)13(17)8-11-6-4-5-7-12(11)14(18)19/h4-7,10H,8-9H2,1-3H3,(H,18,19). The summed E-state index contributed by atoms with van der Waals surface area (Å²) in [5.74, 6) is -2.14. The largest absolute Gasteiger partial charge is 0.478 e. The Kier molecular flexibility index (Phi) is 5.90. The molecule has 114 valence electrons. The van der Waals surface area contributed by atoms with E-state index in [-0.39, 0.29) is 30.4 Å². The fourth-order valence-corrected chi connectivity index (χ4v) is 1.97. The van der Waals surface area contributed by atoms with Crippen LogP contribution in [0.2, 0.25) is 0 Å². The van der Waals surface area contributed by atoms with Crippen LogP contribution in [-0.4, -0.2) is 48.6 Å². The van der Waals surface area contributed by atoms with Crippen LogP contribution in [0.15, 0.2) is 24.3 Å². The normalized spacial score (nSPS) is 11.6. The molecule has 0 radical (unpaired) electrons. The Balaban J connectivity index is 2.73. The highest BCUT2D eigenvalue weighted by atomic mass is 16.5. The van der Waals surface area contributed by atoms with E-state index in [4.69, 9.17) is 5.11 Å². The minimum Gasteiger partial charge on any atom is -0.478 e. The van der Waals surface area contributed by atoms with Gasteiger partial charge in [-0.25, -0.2) is 4.79 Å². The predicted octanol–water partition coefficient (Wildman–Crippen LogP) is 1.19. The maximum absolute atomic E-state index is 12.1. The zero-order chi connectivity index (χ0) is 16.0. The molecule has 0 aliphatic rings. The number of hydrogen-bond acceptors (Lipinski definition) is 4. The molecule has 1 aromatic rings. The van der Waals surface area contributed by atoms with Crippen molar-refractivity contribution in [3.63, 3.8) is 0 Å². The monoisotopic (exact) mass is 293 g/mol. The number of carboxylic acid groups (broad SMARTS) is 1. The van der Waals surface area contributed by atoms with E-state index >= 15 is 0 Å². The van der Waals surface area contributed by atoms with Crippen molar-refractivity contribution >= 4 is 17.8 Å². The van der Waals surface area contributed by atoms with Gasteiger partial charge in [0.25, 0.3) is 0 Å². The minimum absolute atomic E-state index is 0.0210. The Hall–Kier alpha value is -2.37. The molecule has 0 aromatic heterocycles. The summed E-state index contributed by atoms with van der Waals surface area (Å²) in [7, 11) is 2.87. The first-order chi connectivity index (χ1) is 9.86. The number of nitrogens with zero attached hydrogens (tertiary/aromatic N) is 1. The number of esters is 1. The van der Waals surface area contributed by atoms with Crippen molar-refractivity contribution in [2.24, 2.45) is 5.92 Å². The van der Waals surface area contributed by atoms with Crippen LogP contribution in [0.1, 0.15) is 22.8 Å². The van der Waals surface area contributed by atoms with Crippen LogP contribution >= 0.6 is 0 Å². The van der Waals surface area contributed by atoms with Gasteiger partial charge in [0.2, 0.25) is 5.91 Å². The first kappa shape index (κ1) is 16.7. The van der Waals surface area contributed by atoms with Crippen molar-refractivity contribution in [1.82, 2.24) is 4.90 Å². The zero-order valence-electron chi connectivity index (χ0n) is 12.3. The molecule has 21 heavy (non-hydrogen) atoms. The Morgan fingerprint density at radius 1 is 1.29 bits per heavy atom. The molecule has 1 N–H and O–H groups in total. The number of carboxylic acids is 1. The molecule has 0 aliphatic carbocycles. The lowest BCUT2D eigenvalue weighted by Gasteiger charge is -2.20. The molecule has 1 amide bonds. The predicted molar refractivity (Wildman–Crippen MR) is 75.9 cm³/mol. The van der Waals surface area contributed by atoms with E-state index in [1.807, 2.05) is 0 Å². The maximum atomic E-state index is 12.1. The summed E-state index contributed by atoms with van der Waals surface area (Å²) in [4.78, 5) is 35.9. The third-order valence-electron chi connectivity index (χ3n) is 3.17. The number of rotatable bonds is 6. The van der Waals surface area contributed by atoms with Crippen LogP contribution in [0.3, 0.4) is 0 Å². The van der Waals surface area contributed by atoms with E-state index in [9.17, 15) is 14.4 Å². The van der Waals surface area contributed by atoms with Gasteiger partial charge in [0.05, 0.1) is 25.0 Å². The summed E-state index contributed by atoms with van der Waals surface area (Å²) in [5.41, 5.74) is 0.563. The SMILES string of the molecule is COC(=O)C(C)CN(C)C(=O)Cc1ccccc1C(=O)O. The number of hydrogen-bond donors (Lipinski definition) is 1. The van der Waals surface area contributed by atoms with Gasteiger partial charge >= 0.3 is 11.9 Å². The van der Waals surface area contributed by atoms with Crippen molar-refractivity contribution < 1.29 is 24.2 Å². The molecule has 1 unspecified atom stereocenters. The van der Waals surface area contributed by atoms with Gasteiger partial charge in [-0.1, -0.05) is 25.1 Å². The Labute approximate surface area is 123 Å². The van der Waals surface area contributed by atoms with Gasteiger partial charge in [-0.3, -0.25) is 9.59 Å². The first-order valence-electron chi connectivity index (χ1n) is 6.49. The Morgan fingerprint density at radius 3 is 2.48 bits per heavy atom. The fourth-order valence-electron chi connectivity index (χ4n) is 1.97. The smallest absolute Gasteiger partial charge is 0.335 e. The Bertz CT molecular complexity index is 541. The van der Waals surface area contributed by atoms with E-state index in [1.54, 1.807) is 32.2 Å². The molecule has 0 fully saturated rings. The highest BCUT2D eigenvalue weighted by Gasteiger charge is 2.20. The zero-order valence-corrected chi connectivity index (χ0v) is 12.3. The third-order valence-corrected chi connectivity index (χ3v) is 3.17. The molecule has 0 saturated heterocycles. The average molecular weight is 293 g/mol. The number of likely N-dealkylation sites (N-methyl/N-ethyl adjacent to an activating group) is 1. The molecule has 0 spiro atoms. The van der Waals surface area contributed by atoms with Gasteiger partial charge in [0.15, 0.2) is 0 Å². The van der Waals surface area contributed by atoms with Crippen LogP contribution in [0.25, 0.3) is 0 Å². The second-order valence-corrected chi connectivity index (χ2v) is 4.84. The van der Waals surface area contributed by atoms with E-state index < -0.39 is 11.9 Å². The first-order valence-corrected chi connectivity index (χ1v) is 6.49. The van der Waals surface area contributed by atoms with Crippen molar-refractivity contribution in [3.8, 4) is 0 Å². The summed E-state index contributed by atoms with van der Waals surface area (Å²) in [6.07, 6.45) is -0.0210. The molecule has 6 heteroatoms. The summed E-state index contributed by atoms with van der Waals surface area (Å²) in [6.45, 7) is 1.89. The van der Waals surface area contributed by atoms with Crippen LogP contribution in [0.5, 0.6) is 0 Å². The summed E-state index contributed by atoms with van der Waals surface area (Å²) in [5, 5.41) is 9.08. The van der Waals surface area contributed by atoms with Crippen LogP contribution in [-0.2, 0) is 20.7 Å². The molecule has 0 heterocycles. The second-order valence-electron chi connectivity index (χ2n) is 4.84. The topological polar surface area (TPSA) is 83.9 Å². The minimum atomic E-state index is -1.07. The van der Waals surface area contributed by atoms with E-state index in [0.717, 1.165) is 0 Å². The van der Waals surface area contributed by atoms with Gasteiger partial charge in [0, 0.05) is 13.6 Å². The molecule has 1 atom stereocenters. The summed E-state index contributed by atoms with van der Waals surface area (Å²) >= 11 is 0. The van der Waals surface area contributed by atoms with Gasteiger partial charge in [-0.2, -0.15) is 0 Å². The van der Waals surface area contributed by atoms with Crippen LogP contribution < -0.4 is 0 Å². The highest BCUT2D eigenvalue weighted by Crippen LogP contribution is 2.11. The lowest BCUT2D eigenvalue weighted by Crippen LogP contribution is -2.35. The second kappa shape index (κ2) is 7.42. The molecular formula is C15H19NO5. The number of aromatic carboxylic acids is 1. The molecule has 1 rings (SSSR count). The van der Waals surface area contributed by atoms with Gasteiger partial charge in [-0.05, 0) is 11.6 Å². The van der Waals surface area contributed by atoms with Crippen molar-refractivity contribution in [3.05, 3.63) is 35.4 Å². The number of methoxy groups -OCH3 is 1. The maximum Gasteiger partial charge on any atom is 0.335 e. The number of amides is 1. The van der Waals surface area contributed by atoms with E-state index in [0.29, 0.717) is 5.56 Å². The molecular weight excluding hydrogens is 274 g/mol. The highest BCUT2D eigenvalue weighted by molar-refractivity contribution is 5.91. The molecule has 1 aromatic carbocycles. The average Bonchev–Trinajstić information content (AvgIpc) is 2.46. The number of benzene rings is 1. The van der Waals surface area contributed by atoms with Crippen molar-refractivity contribution in [2.75, 3.05) is 20.7 Å². The number of carbonyl (C=O) groups is 3. The molecule has 0 saturated carbocycles. The van der Waals surface area contributed by atoms with Gasteiger partial charge in [-0.15, -0.1) is 0 Å². The number of ether oxygens (including phenoxy) is 1. The van der Waals surface area contributed by atoms with E-state index in [2.05, 4.69) is 4.74 Å². The van der Waals surface area contributed by atoms with Crippen LogP contribution in [0, 0.1) is 5.92 Å². The molecule has 0 aliphatic heterocycles. The van der Waals surface area contributed by atoms with Crippen molar-refractivity contribution in [2.45, 2.75) is 13.3 Å². The van der Waals surface area contributed by atoms with Gasteiger partial charge in [0.1, 0.15) is 0 Å². The fraction of sp³-hybridized carbons (Fsp3) is 0.400. The Morgan fingerprint density at radius 2 is 1.90 bits per heavy atom. The van der Waals surface area contributed by atoms with Gasteiger partial charge < -0.3 is 14.7 Å². The lowest BCUT2D eigenvalue weighted by molar-refractivity contribution is -0.146. The lowest BCUT2D eigenvalue weighted by atomic mass is 10.0. The van der Waals surface area contributed by atoms with Crippen LogP contribution in [0.4, 0.5) is 0 Å². The summed E-state index contributed by atoms with van der Waals surface area (Å²) in [6, 6.07) is 6.37. The third kappa shape index (κ3) is 4.59. The molecule has 0 bridgehead atoms. The molecule has 6 nitrogen and oxygen atoms in total. The van der Waals surface area contributed by atoms with Crippen molar-refractivity contribution in [1.29, 1.82) is 0 Å².